The van der Waals surface area contributed by atoms with Crippen LogP contribution in [0, 0.1) is 6.92 Å². The third-order valence-electron chi connectivity index (χ3n) is 6.01. The molecule has 1 amide bonds. The first-order valence-corrected chi connectivity index (χ1v) is 12.1. The maximum atomic E-state index is 13.8. The predicted molar refractivity (Wildman–Crippen MR) is 138 cm³/mol. The number of fused-ring (bicyclic) bond motifs is 2. The van der Waals surface area contributed by atoms with Crippen LogP contribution < -0.4 is 19.8 Å². The Labute approximate surface area is 215 Å². The molecule has 0 spiro atoms. The van der Waals surface area contributed by atoms with Gasteiger partial charge in [-0.25, -0.2) is 9.78 Å². The maximum Gasteiger partial charge on any atom is 0.350 e. The summed E-state index contributed by atoms with van der Waals surface area (Å²) in [5, 5.41) is 0.577. The number of anilines is 1. The predicted octanol–water partition coefficient (Wildman–Crippen LogP) is 4.67. The van der Waals surface area contributed by atoms with E-state index in [1.54, 1.807) is 49.4 Å². The lowest BCUT2D eigenvalue weighted by molar-refractivity contribution is 0.0554. The molecule has 0 fully saturated rings. The van der Waals surface area contributed by atoms with Crippen molar-refractivity contribution in [3.05, 3.63) is 92.8 Å². The number of benzene rings is 2. The van der Waals surface area contributed by atoms with Crippen molar-refractivity contribution in [2.24, 2.45) is 0 Å². The highest BCUT2D eigenvalue weighted by Gasteiger charge is 2.45. The number of amides is 1. The molecule has 1 aliphatic rings. The Morgan fingerprint density at radius 3 is 2.65 bits per heavy atom. The minimum atomic E-state index is -0.884. The van der Waals surface area contributed by atoms with Crippen molar-refractivity contribution < 1.29 is 28.2 Å². The van der Waals surface area contributed by atoms with Gasteiger partial charge in [0.1, 0.15) is 17.1 Å². The summed E-state index contributed by atoms with van der Waals surface area (Å²) in [5.74, 6) is -0.280. The van der Waals surface area contributed by atoms with E-state index < -0.39 is 17.9 Å². The lowest BCUT2D eigenvalue weighted by Gasteiger charge is -2.23. The van der Waals surface area contributed by atoms with Crippen LogP contribution in [-0.2, 0) is 4.74 Å². The maximum absolute atomic E-state index is 13.8. The summed E-state index contributed by atoms with van der Waals surface area (Å²) in [5.41, 5.74) is 1.13. The summed E-state index contributed by atoms with van der Waals surface area (Å²) >= 11 is 1.00. The second-order valence-corrected chi connectivity index (χ2v) is 9.14. The van der Waals surface area contributed by atoms with E-state index in [4.69, 9.17) is 18.6 Å². The Hall–Kier alpha value is -4.44. The zero-order chi connectivity index (χ0) is 26.3. The Kier molecular flexibility index (Phi) is 6.26. The van der Waals surface area contributed by atoms with Crippen LogP contribution >= 0.6 is 11.3 Å². The minimum Gasteiger partial charge on any atom is -0.493 e. The fraction of sp³-hybridized carbons (Fsp3) is 0.185. The van der Waals surface area contributed by atoms with Crippen molar-refractivity contribution >= 4 is 39.3 Å². The molecule has 5 rings (SSSR count). The van der Waals surface area contributed by atoms with E-state index in [1.807, 2.05) is 0 Å². The molecule has 4 aromatic rings. The van der Waals surface area contributed by atoms with E-state index in [2.05, 4.69) is 11.6 Å². The van der Waals surface area contributed by atoms with Crippen molar-refractivity contribution in [2.45, 2.75) is 13.0 Å². The highest BCUT2D eigenvalue weighted by atomic mass is 32.1. The molecule has 1 atom stereocenters. The van der Waals surface area contributed by atoms with Gasteiger partial charge >= 0.3 is 5.97 Å². The minimum absolute atomic E-state index is 0.0405. The lowest BCUT2D eigenvalue weighted by atomic mass is 9.98. The highest BCUT2D eigenvalue weighted by molar-refractivity contribution is 7.17. The van der Waals surface area contributed by atoms with E-state index >= 15 is 0 Å². The summed E-state index contributed by atoms with van der Waals surface area (Å²) in [4.78, 5) is 46.2. The topological polar surface area (TPSA) is 108 Å². The first kappa shape index (κ1) is 24.3. The van der Waals surface area contributed by atoms with Gasteiger partial charge in [0.05, 0.1) is 36.9 Å². The lowest BCUT2D eigenvalue weighted by Crippen LogP contribution is -2.29. The van der Waals surface area contributed by atoms with Crippen LogP contribution in [0.4, 0.5) is 5.13 Å². The van der Waals surface area contributed by atoms with Crippen LogP contribution in [0.15, 0.2) is 64.3 Å². The Morgan fingerprint density at radius 1 is 1.16 bits per heavy atom. The number of para-hydroxylation sites is 1. The average molecular weight is 519 g/mol. The standard InChI is InChI=1S/C27H22N2O7S/c1-5-12-35-26(32)24-14(2)28-27(37-24)29-21(15-10-11-18(33-3)19(13-15)34-4)20-22(30)16-8-6-7-9-17(16)36-23(20)25(29)31/h5-11,13,21H,1,12H2,2-4H3/t21-/m0/s1. The van der Waals surface area contributed by atoms with Gasteiger partial charge in [-0.3, -0.25) is 14.5 Å². The average Bonchev–Trinajstić information content (AvgIpc) is 3.44. The van der Waals surface area contributed by atoms with Crippen molar-refractivity contribution in [2.75, 3.05) is 25.7 Å². The number of ether oxygens (including phenoxy) is 3. The summed E-state index contributed by atoms with van der Waals surface area (Å²) in [7, 11) is 3.02. The molecule has 0 unspecified atom stereocenters. The van der Waals surface area contributed by atoms with Gasteiger partial charge in [0.2, 0.25) is 5.76 Å². The number of aromatic nitrogens is 1. The van der Waals surface area contributed by atoms with Gasteiger partial charge in [0, 0.05) is 0 Å². The number of hydrogen-bond donors (Lipinski definition) is 0. The van der Waals surface area contributed by atoms with Gasteiger partial charge < -0.3 is 18.6 Å². The van der Waals surface area contributed by atoms with Crippen molar-refractivity contribution in [1.29, 1.82) is 0 Å². The van der Waals surface area contributed by atoms with Crippen LogP contribution in [0.3, 0.4) is 0 Å². The third kappa shape index (κ3) is 3.95. The summed E-state index contributed by atoms with van der Waals surface area (Å²) in [6.45, 7) is 5.24. The van der Waals surface area contributed by atoms with E-state index in [9.17, 15) is 14.4 Å². The molecule has 37 heavy (non-hydrogen) atoms. The molecule has 188 valence electrons. The molecule has 0 N–H and O–H groups in total. The van der Waals surface area contributed by atoms with E-state index in [0.717, 1.165) is 11.3 Å². The number of esters is 1. The molecule has 9 nitrogen and oxygen atoms in total. The zero-order valence-electron chi connectivity index (χ0n) is 20.3. The van der Waals surface area contributed by atoms with Gasteiger partial charge in [-0.1, -0.05) is 42.2 Å². The molecule has 1 aliphatic heterocycles. The van der Waals surface area contributed by atoms with Crippen LogP contribution in [-0.4, -0.2) is 37.7 Å². The number of aryl methyl sites for hydroxylation is 1. The molecule has 0 saturated carbocycles. The second kappa shape index (κ2) is 9.55. The summed E-state index contributed by atoms with van der Waals surface area (Å²) in [6.07, 6.45) is 1.46. The number of thiazole rings is 1. The molecule has 0 radical (unpaired) electrons. The fourth-order valence-electron chi connectivity index (χ4n) is 4.33. The molecule has 3 heterocycles. The zero-order valence-corrected chi connectivity index (χ0v) is 21.1. The van der Waals surface area contributed by atoms with Crippen molar-refractivity contribution in [3.8, 4) is 11.5 Å². The number of hydrogen-bond acceptors (Lipinski definition) is 9. The quantitative estimate of drug-likeness (QED) is 0.257. The van der Waals surface area contributed by atoms with E-state index in [1.165, 1.54) is 25.2 Å². The molecular weight excluding hydrogens is 496 g/mol. The van der Waals surface area contributed by atoms with Gasteiger partial charge in [0.25, 0.3) is 5.91 Å². The summed E-state index contributed by atoms with van der Waals surface area (Å²) in [6, 6.07) is 11.0. The molecular formula is C27H22N2O7S. The van der Waals surface area contributed by atoms with Crippen LogP contribution in [0.2, 0.25) is 0 Å². The van der Waals surface area contributed by atoms with Crippen LogP contribution in [0.1, 0.15) is 43.1 Å². The first-order valence-electron chi connectivity index (χ1n) is 11.3. The number of nitrogens with zero attached hydrogens (tertiary/aromatic N) is 2. The van der Waals surface area contributed by atoms with Crippen molar-refractivity contribution in [3.63, 3.8) is 0 Å². The third-order valence-corrected chi connectivity index (χ3v) is 7.15. The Balaban J connectivity index is 1.73. The second-order valence-electron chi connectivity index (χ2n) is 8.16. The van der Waals surface area contributed by atoms with Gasteiger partial charge in [-0.15, -0.1) is 0 Å². The van der Waals surface area contributed by atoms with Crippen LogP contribution in [0.25, 0.3) is 11.0 Å². The SMILES string of the molecule is C=CCOC(=O)c1sc(N2C(=O)c3oc4ccccc4c(=O)c3[C@@H]2c2ccc(OC)c(OC)c2)nc1C. The molecule has 2 aromatic heterocycles. The number of rotatable bonds is 7. The largest absolute Gasteiger partial charge is 0.493 e. The number of carbonyl (C=O) groups is 2. The van der Waals surface area contributed by atoms with Gasteiger partial charge in [0.15, 0.2) is 22.1 Å². The number of methoxy groups -OCH3 is 2. The Morgan fingerprint density at radius 2 is 1.92 bits per heavy atom. The Bertz CT molecular complexity index is 1620. The molecule has 2 aromatic carbocycles. The molecule has 0 saturated heterocycles. The van der Waals surface area contributed by atoms with Crippen molar-refractivity contribution in [1.82, 2.24) is 4.98 Å². The number of carbonyl (C=O) groups excluding carboxylic acids is 2. The van der Waals surface area contributed by atoms with Gasteiger partial charge in [-0.2, -0.15) is 0 Å². The van der Waals surface area contributed by atoms with E-state index in [0.29, 0.717) is 33.7 Å². The molecule has 10 heteroatoms. The van der Waals surface area contributed by atoms with Gasteiger partial charge in [-0.05, 0) is 36.8 Å². The fourth-order valence-corrected chi connectivity index (χ4v) is 5.32. The first-order chi connectivity index (χ1) is 17.9. The summed E-state index contributed by atoms with van der Waals surface area (Å²) < 4.78 is 22.0. The van der Waals surface area contributed by atoms with Crippen LogP contribution in [0.5, 0.6) is 11.5 Å². The monoisotopic (exact) mass is 518 g/mol. The highest BCUT2D eigenvalue weighted by Crippen LogP contribution is 2.44. The smallest absolute Gasteiger partial charge is 0.350 e. The molecule has 0 aliphatic carbocycles. The normalized spacial score (nSPS) is 14.5. The van der Waals surface area contributed by atoms with E-state index in [-0.39, 0.29) is 33.4 Å². The molecule has 0 bridgehead atoms.